The molecule has 0 bridgehead atoms. The van der Waals surface area contributed by atoms with Crippen LogP contribution in [0.5, 0.6) is 5.75 Å². The molecule has 1 atom stereocenters. The van der Waals surface area contributed by atoms with E-state index in [4.69, 9.17) is 16.3 Å². The smallest absolute Gasteiger partial charge is 0.119 e. The summed E-state index contributed by atoms with van der Waals surface area (Å²) in [6.45, 7) is 5.55. The second-order valence-corrected chi connectivity index (χ2v) is 5.40. The average molecular weight is 308 g/mol. The van der Waals surface area contributed by atoms with Gasteiger partial charge in [-0.2, -0.15) is 5.10 Å². The maximum absolute atomic E-state index is 6.25. The Morgan fingerprint density at radius 3 is 2.90 bits per heavy atom. The van der Waals surface area contributed by atoms with E-state index in [-0.39, 0.29) is 6.04 Å². The van der Waals surface area contributed by atoms with Crippen LogP contribution in [0.2, 0.25) is 5.02 Å². The summed E-state index contributed by atoms with van der Waals surface area (Å²) in [4.78, 5) is 0. The zero-order valence-electron chi connectivity index (χ0n) is 12.8. The van der Waals surface area contributed by atoms with Gasteiger partial charge in [0.25, 0.3) is 0 Å². The summed E-state index contributed by atoms with van der Waals surface area (Å²) in [5.74, 6) is 0.903. The SMILES string of the molecule is CCn1ncc(Cl)c1C(CCOc1cccc(C)c1)NC. The molecule has 0 aliphatic carbocycles. The summed E-state index contributed by atoms with van der Waals surface area (Å²) in [5, 5.41) is 8.28. The van der Waals surface area contributed by atoms with E-state index in [0.717, 1.165) is 24.4 Å². The first-order valence-corrected chi connectivity index (χ1v) is 7.61. The molecule has 2 rings (SSSR count). The van der Waals surface area contributed by atoms with Crippen molar-refractivity contribution in [2.45, 2.75) is 32.9 Å². The van der Waals surface area contributed by atoms with E-state index < -0.39 is 0 Å². The summed E-state index contributed by atoms with van der Waals surface area (Å²) in [6, 6.07) is 8.21. The number of aromatic nitrogens is 2. The van der Waals surface area contributed by atoms with Crippen molar-refractivity contribution in [1.82, 2.24) is 15.1 Å². The molecule has 1 heterocycles. The molecule has 1 aromatic heterocycles. The van der Waals surface area contributed by atoms with Gasteiger partial charge >= 0.3 is 0 Å². The van der Waals surface area contributed by atoms with Crippen LogP contribution in [0.1, 0.15) is 30.6 Å². The average Bonchev–Trinajstić information content (AvgIpc) is 2.85. The minimum absolute atomic E-state index is 0.129. The molecule has 114 valence electrons. The molecule has 1 N–H and O–H groups in total. The molecular formula is C16H22ClN3O. The number of hydrogen-bond acceptors (Lipinski definition) is 3. The highest BCUT2D eigenvalue weighted by molar-refractivity contribution is 6.31. The molecule has 0 radical (unpaired) electrons. The largest absolute Gasteiger partial charge is 0.494 e. The van der Waals surface area contributed by atoms with Crippen LogP contribution in [0.15, 0.2) is 30.5 Å². The number of hydrogen-bond donors (Lipinski definition) is 1. The maximum atomic E-state index is 6.25. The maximum Gasteiger partial charge on any atom is 0.119 e. The first-order chi connectivity index (χ1) is 10.2. The minimum atomic E-state index is 0.129. The summed E-state index contributed by atoms with van der Waals surface area (Å²) in [5.41, 5.74) is 2.22. The monoisotopic (exact) mass is 307 g/mol. The quantitative estimate of drug-likeness (QED) is 0.849. The van der Waals surface area contributed by atoms with Crippen molar-refractivity contribution in [2.75, 3.05) is 13.7 Å². The third kappa shape index (κ3) is 3.99. The lowest BCUT2D eigenvalue weighted by Crippen LogP contribution is -2.22. The van der Waals surface area contributed by atoms with Crippen LogP contribution in [0.25, 0.3) is 0 Å². The molecule has 0 spiro atoms. The molecule has 0 saturated heterocycles. The highest BCUT2D eigenvalue weighted by Gasteiger charge is 2.18. The Morgan fingerprint density at radius 2 is 2.24 bits per heavy atom. The number of benzene rings is 1. The molecule has 1 aromatic carbocycles. The van der Waals surface area contributed by atoms with Gasteiger partial charge in [0.15, 0.2) is 0 Å². The highest BCUT2D eigenvalue weighted by Crippen LogP contribution is 2.25. The Hall–Kier alpha value is -1.52. The topological polar surface area (TPSA) is 39.1 Å². The summed E-state index contributed by atoms with van der Waals surface area (Å²) >= 11 is 6.25. The van der Waals surface area contributed by atoms with Crippen LogP contribution in [-0.4, -0.2) is 23.4 Å². The van der Waals surface area contributed by atoms with Gasteiger partial charge < -0.3 is 10.1 Å². The molecular weight excluding hydrogens is 286 g/mol. The highest BCUT2D eigenvalue weighted by atomic mass is 35.5. The molecule has 2 aromatic rings. The van der Waals surface area contributed by atoms with Crippen LogP contribution in [0.3, 0.4) is 0 Å². The lowest BCUT2D eigenvalue weighted by Gasteiger charge is -2.18. The minimum Gasteiger partial charge on any atom is -0.494 e. The Labute approximate surface area is 131 Å². The number of aryl methyl sites for hydroxylation is 2. The van der Waals surface area contributed by atoms with E-state index >= 15 is 0 Å². The molecule has 0 saturated carbocycles. The van der Waals surface area contributed by atoms with Gasteiger partial charge in [0, 0.05) is 13.0 Å². The standard InChI is InChI=1S/C16H22ClN3O/c1-4-20-16(14(17)11-19-20)15(18-3)8-9-21-13-7-5-6-12(2)10-13/h5-7,10-11,15,18H,4,8-9H2,1-3H3. The Balaban J connectivity index is 1.98. The van der Waals surface area contributed by atoms with E-state index in [1.165, 1.54) is 5.56 Å². The van der Waals surface area contributed by atoms with Crippen molar-refractivity contribution in [1.29, 1.82) is 0 Å². The van der Waals surface area contributed by atoms with Crippen molar-refractivity contribution in [2.24, 2.45) is 0 Å². The van der Waals surface area contributed by atoms with Gasteiger partial charge in [-0.15, -0.1) is 0 Å². The number of nitrogens with zero attached hydrogens (tertiary/aromatic N) is 2. The van der Waals surface area contributed by atoms with Crippen LogP contribution >= 0.6 is 11.6 Å². The van der Waals surface area contributed by atoms with Crippen molar-refractivity contribution in [3.63, 3.8) is 0 Å². The van der Waals surface area contributed by atoms with Crippen molar-refractivity contribution >= 4 is 11.6 Å². The zero-order valence-corrected chi connectivity index (χ0v) is 13.5. The second-order valence-electron chi connectivity index (χ2n) is 4.99. The van der Waals surface area contributed by atoms with E-state index in [2.05, 4.69) is 30.3 Å². The predicted molar refractivity (Wildman–Crippen MR) is 86.0 cm³/mol. The normalized spacial score (nSPS) is 12.4. The van der Waals surface area contributed by atoms with E-state index in [1.807, 2.05) is 29.9 Å². The molecule has 0 aliphatic heterocycles. The number of nitrogens with one attached hydrogen (secondary N) is 1. The molecule has 0 amide bonds. The van der Waals surface area contributed by atoms with Crippen molar-refractivity contribution in [3.05, 3.63) is 46.7 Å². The van der Waals surface area contributed by atoms with Crippen molar-refractivity contribution in [3.8, 4) is 5.75 Å². The van der Waals surface area contributed by atoms with Gasteiger partial charge in [-0.1, -0.05) is 23.7 Å². The molecule has 1 unspecified atom stereocenters. The van der Waals surface area contributed by atoms with Crippen LogP contribution < -0.4 is 10.1 Å². The molecule has 4 nitrogen and oxygen atoms in total. The first-order valence-electron chi connectivity index (χ1n) is 7.23. The van der Waals surface area contributed by atoms with Gasteiger partial charge in [0.05, 0.1) is 29.6 Å². The summed E-state index contributed by atoms with van der Waals surface area (Å²) in [6.07, 6.45) is 2.53. The third-order valence-electron chi connectivity index (χ3n) is 3.48. The Kier molecular flexibility index (Phi) is 5.65. The van der Waals surface area contributed by atoms with Gasteiger partial charge in [0.1, 0.15) is 5.75 Å². The predicted octanol–water partition coefficient (Wildman–Crippen LogP) is 3.59. The van der Waals surface area contributed by atoms with Crippen LogP contribution in [-0.2, 0) is 6.54 Å². The third-order valence-corrected chi connectivity index (χ3v) is 3.77. The molecule has 5 heteroatoms. The first kappa shape index (κ1) is 15.9. The van der Waals surface area contributed by atoms with E-state index in [9.17, 15) is 0 Å². The molecule has 0 fully saturated rings. The lowest BCUT2D eigenvalue weighted by molar-refractivity contribution is 0.286. The summed E-state index contributed by atoms with van der Waals surface area (Å²) < 4.78 is 7.74. The number of ether oxygens (including phenoxy) is 1. The Bertz CT molecular complexity index is 583. The van der Waals surface area contributed by atoms with Gasteiger partial charge in [0.2, 0.25) is 0 Å². The van der Waals surface area contributed by atoms with E-state index in [0.29, 0.717) is 11.6 Å². The number of rotatable bonds is 7. The zero-order chi connectivity index (χ0) is 15.2. The van der Waals surface area contributed by atoms with Gasteiger partial charge in [-0.05, 0) is 38.6 Å². The lowest BCUT2D eigenvalue weighted by atomic mass is 10.1. The van der Waals surface area contributed by atoms with Crippen LogP contribution in [0, 0.1) is 6.92 Å². The molecule has 21 heavy (non-hydrogen) atoms. The molecule has 0 aliphatic rings. The second kappa shape index (κ2) is 7.48. The fourth-order valence-corrected chi connectivity index (χ4v) is 2.66. The number of halogens is 1. The van der Waals surface area contributed by atoms with Gasteiger partial charge in [-0.25, -0.2) is 0 Å². The fraction of sp³-hybridized carbons (Fsp3) is 0.438. The fourth-order valence-electron chi connectivity index (χ4n) is 2.39. The van der Waals surface area contributed by atoms with Crippen molar-refractivity contribution < 1.29 is 4.74 Å². The Morgan fingerprint density at radius 1 is 1.43 bits per heavy atom. The summed E-state index contributed by atoms with van der Waals surface area (Å²) in [7, 11) is 1.93. The van der Waals surface area contributed by atoms with E-state index in [1.54, 1.807) is 6.20 Å². The van der Waals surface area contributed by atoms with Gasteiger partial charge in [-0.3, -0.25) is 4.68 Å². The van der Waals surface area contributed by atoms with Crippen LogP contribution in [0.4, 0.5) is 0 Å².